The van der Waals surface area contributed by atoms with Gasteiger partial charge in [0, 0.05) is 10.6 Å². The van der Waals surface area contributed by atoms with Crippen LogP contribution in [0.15, 0.2) is 59.8 Å². The fourth-order valence-electron chi connectivity index (χ4n) is 4.33. The van der Waals surface area contributed by atoms with Crippen LogP contribution in [0.1, 0.15) is 101 Å². The summed E-state index contributed by atoms with van der Waals surface area (Å²) in [6.07, 6.45) is 16.4. The number of carbonyl (C=O) groups excluding carboxylic acids is 1. The number of hydrogen-bond acceptors (Lipinski definition) is 5. The Bertz CT molecular complexity index is 1010. The quantitative estimate of drug-likeness (QED) is 0.0941. The van der Waals surface area contributed by atoms with Crippen molar-refractivity contribution >= 4 is 29.1 Å². The van der Waals surface area contributed by atoms with E-state index in [2.05, 4.69) is 22.4 Å². The number of thioether (sulfide) groups is 1. The molecule has 0 saturated carbocycles. The van der Waals surface area contributed by atoms with Crippen molar-refractivity contribution in [2.45, 2.75) is 101 Å². The zero-order chi connectivity index (χ0) is 25.4. The number of carbonyl (C=O) groups is 1. The van der Waals surface area contributed by atoms with E-state index in [0.29, 0.717) is 15.7 Å². The molecule has 0 bridgehead atoms. The fraction of sp³-hybridized carbons (Fsp3) is 0.517. The van der Waals surface area contributed by atoms with Gasteiger partial charge in [0.1, 0.15) is 0 Å². The Morgan fingerprint density at radius 1 is 0.833 bits per heavy atom. The molecule has 1 heterocycles. The first kappa shape index (κ1) is 28.4. The molecule has 0 aliphatic rings. The lowest BCUT2D eigenvalue weighted by atomic mass is 10.0. The molecule has 36 heavy (non-hydrogen) atoms. The molecule has 3 rings (SSSR count). The van der Waals surface area contributed by atoms with Gasteiger partial charge in [0.2, 0.25) is 5.16 Å². The number of halogens is 1. The summed E-state index contributed by atoms with van der Waals surface area (Å²) in [6.45, 7) is 2.27. The van der Waals surface area contributed by atoms with Gasteiger partial charge in [0.15, 0.2) is 5.78 Å². The Morgan fingerprint density at radius 2 is 1.42 bits per heavy atom. The molecule has 1 unspecified atom stereocenters. The number of Topliss-reactive ketones (excluding diaryl/α,β-unsaturated/α-hetero) is 1. The maximum absolute atomic E-state index is 13.4. The Hall–Kier alpha value is -2.18. The molecule has 0 saturated heterocycles. The van der Waals surface area contributed by atoms with E-state index in [4.69, 9.17) is 11.6 Å². The highest BCUT2D eigenvalue weighted by molar-refractivity contribution is 8.00. The van der Waals surface area contributed by atoms with Crippen LogP contribution in [0.3, 0.4) is 0 Å². The molecule has 0 radical (unpaired) electrons. The van der Waals surface area contributed by atoms with Gasteiger partial charge in [0.25, 0.3) is 0 Å². The number of benzene rings is 2. The van der Waals surface area contributed by atoms with Crippen LogP contribution < -0.4 is 0 Å². The van der Waals surface area contributed by atoms with Crippen LogP contribution in [-0.2, 0) is 0 Å². The fourth-order valence-corrected chi connectivity index (χ4v) is 5.56. The highest BCUT2D eigenvalue weighted by Gasteiger charge is 2.24. The minimum Gasteiger partial charge on any atom is -0.293 e. The van der Waals surface area contributed by atoms with E-state index in [1.807, 2.05) is 30.3 Å². The Labute approximate surface area is 225 Å². The number of rotatable bonds is 18. The first-order valence-electron chi connectivity index (χ1n) is 13.5. The number of ketones is 1. The van der Waals surface area contributed by atoms with Crippen molar-refractivity contribution < 1.29 is 4.79 Å². The molecule has 2 aromatic carbocycles. The van der Waals surface area contributed by atoms with Crippen molar-refractivity contribution in [1.82, 2.24) is 20.2 Å². The second kappa shape index (κ2) is 16.5. The second-order valence-electron chi connectivity index (χ2n) is 9.36. The summed E-state index contributed by atoms with van der Waals surface area (Å²) in [7, 11) is 0. The molecule has 194 valence electrons. The SMILES string of the molecule is CCCCCCCCCCCCCCC(Sc1nnnn1-c1ccccc1)C(=O)c1ccc(Cl)cc1. The van der Waals surface area contributed by atoms with Crippen LogP contribution in [0.5, 0.6) is 0 Å². The zero-order valence-electron chi connectivity index (χ0n) is 21.4. The van der Waals surface area contributed by atoms with E-state index in [-0.39, 0.29) is 11.0 Å². The third kappa shape index (κ3) is 9.70. The van der Waals surface area contributed by atoms with Crippen LogP contribution in [-0.4, -0.2) is 31.2 Å². The molecule has 0 aliphatic heterocycles. The van der Waals surface area contributed by atoms with Crippen LogP contribution in [0.2, 0.25) is 5.02 Å². The molecular formula is C29H39ClN4OS. The van der Waals surface area contributed by atoms with Crippen molar-refractivity contribution in [3.05, 3.63) is 65.2 Å². The highest BCUT2D eigenvalue weighted by atomic mass is 35.5. The third-order valence-corrected chi connectivity index (χ3v) is 7.88. The largest absolute Gasteiger partial charge is 0.293 e. The smallest absolute Gasteiger partial charge is 0.214 e. The topological polar surface area (TPSA) is 60.7 Å². The van der Waals surface area contributed by atoms with Crippen LogP contribution in [0.4, 0.5) is 0 Å². The monoisotopic (exact) mass is 526 g/mol. The van der Waals surface area contributed by atoms with Crippen molar-refractivity contribution in [3.63, 3.8) is 0 Å². The molecule has 7 heteroatoms. The van der Waals surface area contributed by atoms with E-state index in [9.17, 15) is 4.79 Å². The number of unbranched alkanes of at least 4 members (excludes halogenated alkanes) is 11. The number of para-hydroxylation sites is 1. The van der Waals surface area contributed by atoms with E-state index in [1.54, 1.807) is 28.9 Å². The lowest BCUT2D eigenvalue weighted by Gasteiger charge is -2.15. The summed E-state index contributed by atoms with van der Waals surface area (Å²) in [5.41, 5.74) is 1.56. The maximum atomic E-state index is 13.4. The van der Waals surface area contributed by atoms with Crippen LogP contribution in [0, 0.1) is 0 Å². The molecule has 0 N–H and O–H groups in total. The zero-order valence-corrected chi connectivity index (χ0v) is 23.0. The average molecular weight is 527 g/mol. The Morgan fingerprint density at radius 3 is 2.03 bits per heavy atom. The van der Waals surface area contributed by atoms with Gasteiger partial charge in [-0.1, -0.05) is 126 Å². The molecule has 1 atom stereocenters. The van der Waals surface area contributed by atoms with Gasteiger partial charge >= 0.3 is 0 Å². The molecular weight excluding hydrogens is 488 g/mol. The standard InChI is InChI=1S/C29H39ClN4OS/c1-2-3-4-5-6-7-8-9-10-11-12-16-19-27(28(35)24-20-22-25(30)23-21-24)36-29-31-32-33-34(29)26-17-14-13-15-18-26/h13-15,17-18,20-23,27H,2-12,16,19H2,1H3. The van der Waals surface area contributed by atoms with Gasteiger partial charge in [-0.3, -0.25) is 4.79 Å². The lowest BCUT2D eigenvalue weighted by molar-refractivity contribution is 0.0985. The first-order chi connectivity index (χ1) is 17.7. The van der Waals surface area contributed by atoms with Gasteiger partial charge in [-0.2, -0.15) is 4.68 Å². The summed E-state index contributed by atoms with van der Waals surface area (Å²) in [6, 6.07) is 16.9. The molecule has 0 fully saturated rings. The maximum Gasteiger partial charge on any atom is 0.214 e. The van der Waals surface area contributed by atoms with Crippen molar-refractivity contribution in [1.29, 1.82) is 0 Å². The van der Waals surface area contributed by atoms with E-state index < -0.39 is 0 Å². The number of nitrogens with zero attached hydrogens (tertiary/aromatic N) is 4. The van der Waals surface area contributed by atoms with Crippen molar-refractivity contribution in [2.75, 3.05) is 0 Å². The van der Waals surface area contributed by atoms with Crippen LogP contribution >= 0.6 is 23.4 Å². The average Bonchev–Trinajstić information content (AvgIpc) is 3.37. The second-order valence-corrected chi connectivity index (χ2v) is 11.0. The van der Waals surface area contributed by atoms with Gasteiger partial charge < -0.3 is 0 Å². The summed E-state index contributed by atoms with van der Waals surface area (Å²) >= 11 is 7.50. The lowest BCUT2D eigenvalue weighted by Crippen LogP contribution is -2.18. The van der Waals surface area contributed by atoms with Crippen LogP contribution in [0.25, 0.3) is 5.69 Å². The predicted octanol–water partition coefficient (Wildman–Crippen LogP) is 8.75. The van der Waals surface area contributed by atoms with Gasteiger partial charge in [-0.15, -0.1) is 5.10 Å². The first-order valence-corrected chi connectivity index (χ1v) is 14.7. The van der Waals surface area contributed by atoms with E-state index in [0.717, 1.165) is 24.9 Å². The van der Waals surface area contributed by atoms with Crippen molar-refractivity contribution in [3.8, 4) is 5.69 Å². The van der Waals surface area contributed by atoms with E-state index in [1.165, 1.54) is 76.0 Å². The Kier molecular flexibility index (Phi) is 13.0. The normalized spacial score (nSPS) is 12.1. The summed E-state index contributed by atoms with van der Waals surface area (Å²) in [5, 5.41) is 13.3. The number of hydrogen-bond donors (Lipinski definition) is 0. The van der Waals surface area contributed by atoms with Gasteiger partial charge in [0.05, 0.1) is 10.9 Å². The van der Waals surface area contributed by atoms with E-state index >= 15 is 0 Å². The summed E-state index contributed by atoms with van der Waals surface area (Å²) < 4.78 is 1.70. The van der Waals surface area contributed by atoms with Gasteiger partial charge in [-0.05, 0) is 53.2 Å². The molecule has 3 aromatic rings. The molecule has 1 aromatic heterocycles. The Balaban J connectivity index is 1.50. The number of tetrazole rings is 1. The predicted molar refractivity (Wildman–Crippen MR) is 150 cm³/mol. The van der Waals surface area contributed by atoms with Crippen molar-refractivity contribution in [2.24, 2.45) is 0 Å². The molecule has 0 amide bonds. The minimum absolute atomic E-state index is 0.0994. The summed E-state index contributed by atoms with van der Waals surface area (Å²) in [5.74, 6) is 0.0994. The minimum atomic E-state index is -0.247. The number of aromatic nitrogens is 4. The molecule has 5 nitrogen and oxygen atoms in total. The summed E-state index contributed by atoms with van der Waals surface area (Å²) in [4.78, 5) is 13.4. The molecule has 0 aliphatic carbocycles. The highest BCUT2D eigenvalue weighted by Crippen LogP contribution is 2.30. The third-order valence-electron chi connectivity index (χ3n) is 6.43. The molecule has 0 spiro atoms. The van der Waals surface area contributed by atoms with Gasteiger partial charge in [-0.25, -0.2) is 0 Å².